The van der Waals surface area contributed by atoms with Gasteiger partial charge in [-0.3, -0.25) is 9.36 Å². The number of hydrogen-bond acceptors (Lipinski definition) is 4. The second-order valence-electron chi connectivity index (χ2n) is 9.41. The van der Waals surface area contributed by atoms with Gasteiger partial charge in [0.1, 0.15) is 10.7 Å². The number of rotatable bonds is 2. The Hall–Kier alpha value is -1.98. The number of piperidine rings is 1. The lowest BCUT2D eigenvalue weighted by Gasteiger charge is -2.31. The van der Waals surface area contributed by atoms with E-state index in [-0.39, 0.29) is 17.0 Å². The molecule has 154 valence electrons. The minimum atomic E-state index is 0.115. The van der Waals surface area contributed by atoms with Gasteiger partial charge in [0, 0.05) is 16.5 Å². The molecule has 1 fully saturated rings. The summed E-state index contributed by atoms with van der Waals surface area (Å²) in [6.45, 7) is 12.8. The summed E-state index contributed by atoms with van der Waals surface area (Å²) in [7, 11) is 2.15. The molecular formula is C24H31N3OS. The number of likely N-dealkylation sites (tertiary alicyclic amines) is 1. The number of benzene rings is 1. The Bertz CT molecular complexity index is 1090. The first-order chi connectivity index (χ1) is 13.7. The van der Waals surface area contributed by atoms with Crippen molar-refractivity contribution in [2.24, 2.45) is 0 Å². The molecule has 0 saturated carbocycles. The normalized spacial score (nSPS) is 16.6. The molecule has 0 aliphatic carbocycles. The lowest BCUT2D eigenvalue weighted by molar-refractivity contribution is 0.216. The Morgan fingerprint density at radius 2 is 1.69 bits per heavy atom. The van der Waals surface area contributed by atoms with E-state index in [2.05, 4.69) is 63.9 Å². The summed E-state index contributed by atoms with van der Waals surface area (Å²) < 4.78 is 1.97. The summed E-state index contributed by atoms with van der Waals surface area (Å²) in [5, 5.41) is 0.792. The van der Waals surface area contributed by atoms with Crippen molar-refractivity contribution in [2.45, 2.75) is 58.9 Å². The van der Waals surface area contributed by atoms with Gasteiger partial charge in [0.05, 0.1) is 5.39 Å². The fourth-order valence-electron chi connectivity index (χ4n) is 4.44. The second kappa shape index (κ2) is 7.37. The van der Waals surface area contributed by atoms with E-state index in [9.17, 15) is 4.79 Å². The van der Waals surface area contributed by atoms with Crippen LogP contribution in [0, 0.1) is 13.8 Å². The summed E-state index contributed by atoms with van der Waals surface area (Å²) in [5.41, 5.74) is 3.71. The number of hydrogen-bond donors (Lipinski definition) is 0. The van der Waals surface area contributed by atoms with Gasteiger partial charge < -0.3 is 4.90 Å². The van der Waals surface area contributed by atoms with Crippen LogP contribution in [0.25, 0.3) is 21.3 Å². The lowest BCUT2D eigenvalue weighted by Crippen LogP contribution is -2.36. The third-order valence-electron chi connectivity index (χ3n) is 6.20. The molecule has 0 unspecified atom stereocenters. The smallest absolute Gasteiger partial charge is 0.263 e. The highest BCUT2D eigenvalue weighted by Gasteiger charge is 2.25. The van der Waals surface area contributed by atoms with Crippen molar-refractivity contribution in [3.05, 3.63) is 50.9 Å². The molecule has 29 heavy (non-hydrogen) atoms. The summed E-state index contributed by atoms with van der Waals surface area (Å²) in [6.07, 6.45) is 2.01. The summed E-state index contributed by atoms with van der Waals surface area (Å²) >= 11 is 1.63. The van der Waals surface area contributed by atoms with E-state index >= 15 is 0 Å². The Labute approximate surface area is 177 Å². The highest BCUT2D eigenvalue weighted by molar-refractivity contribution is 7.19. The van der Waals surface area contributed by atoms with Gasteiger partial charge >= 0.3 is 0 Å². The topological polar surface area (TPSA) is 38.1 Å². The molecule has 1 aliphatic heterocycles. The van der Waals surface area contributed by atoms with Crippen LogP contribution < -0.4 is 5.56 Å². The standard InChI is InChI=1S/C24H31N3OS/c1-15-20(17-7-9-18(10-8-17)24(3,4)5)21-22(29-15)25-16(2)27(23(21)28)19-11-13-26(6)14-12-19/h7-10,19H,11-14H2,1-6H3. The molecule has 0 amide bonds. The fraction of sp³-hybridized carbons (Fsp3) is 0.500. The second-order valence-corrected chi connectivity index (χ2v) is 10.6. The fourth-order valence-corrected chi connectivity index (χ4v) is 5.52. The number of aryl methyl sites for hydroxylation is 2. The predicted molar refractivity (Wildman–Crippen MR) is 123 cm³/mol. The van der Waals surface area contributed by atoms with Crippen molar-refractivity contribution in [3.63, 3.8) is 0 Å². The number of nitrogens with zero attached hydrogens (tertiary/aromatic N) is 3. The number of thiophene rings is 1. The molecule has 4 rings (SSSR count). The minimum absolute atomic E-state index is 0.115. The monoisotopic (exact) mass is 409 g/mol. The van der Waals surface area contributed by atoms with Crippen LogP contribution in [0.1, 0.15) is 55.9 Å². The molecule has 0 atom stereocenters. The average molecular weight is 410 g/mol. The van der Waals surface area contributed by atoms with Gasteiger partial charge in [-0.05, 0) is 63.4 Å². The first-order valence-corrected chi connectivity index (χ1v) is 11.3. The van der Waals surface area contributed by atoms with Crippen LogP contribution in [0.4, 0.5) is 0 Å². The molecule has 0 bridgehead atoms. The molecule has 0 spiro atoms. The van der Waals surface area contributed by atoms with Crippen molar-refractivity contribution in [3.8, 4) is 11.1 Å². The van der Waals surface area contributed by atoms with Crippen molar-refractivity contribution in [1.82, 2.24) is 14.5 Å². The van der Waals surface area contributed by atoms with Gasteiger partial charge in [-0.2, -0.15) is 0 Å². The van der Waals surface area contributed by atoms with E-state index in [1.807, 2.05) is 11.5 Å². The van der Waals surface area contributed by atoms with E-state index in [1.165, 1.54) is 5.56 Å². The van der Waals surface area contributed by atoms with Gasteiger partial charge in [-0.1, -0.05) is 45.0 Å². The van der Waals surface area contributed by atoms with Crippen molar-refractivity contribution >= 4 is 21.6 Å². The highest BCUT2D eigenvalue weighted by Crippen LogP contribution is 2.37. The van der Waals surface area contributed by atoms with Gasteiger partial charge in [0.25, 0.3) is 5.56 Å². The third kappa shape index (κ3) is 3.66. The van der Waals surface area contributed by atoms with Crippen molar-refractivity contribution in [2.75, 3.05) is 20.1 Å². The van der Waals surface area contributed by atoms with Gasteiger partial charge in [-0.25, -0.2) is 4.98 Å². The zero-order valence-corrected chi connectivity index (χ0v) is 19.2. The van der Waals surface area contributed by atoms with E-state index in [1.54, 1.807) is 11.3 Å². The van der Waals surface area contributed by atoms with E-state index in [0.717, 1.165) is 58.0 Å². The quantitative estimate of drug-likeness (QED) is 0.576. The van der Waals surface area contributed by atoms with Gasteiger partial charge in [0.2, 0.25) is 0 Å². The molecule has 4 nitrogen and oxygen atoms in total. The third-order valence-corrected chi connectivity index (χ3v) is 7.20. The Balaban J connectivity index is 1.86. The van der Waals surface area contributed by atoms with E-state index in [0.29, 0.717) is 0 Å². The van der Waals surface area contributed by atoms with Gasteiger partial charge in [-0.15, -0.1) is 11.3 Å². The maximum Gasteiger partial charge on any atom is 0.263 e. The van der Waals surface area contributed by atoms with Crippen molar-refractivity contribution < 1.29 is 0 Å². The van der Waals surface area contributed by atoms with Crippen LogP contribution in [0.5, 0.6) is 0 Å². The molecule has 2 aromatic heterocycles. The molecule has 3 heterocycles. The maximum absolute atomic E-state index is 13.7. The first kappa shape index (κ1) is 20.3. The zero-order chi connectivity index (χ0) is 20.9. The molecule has 1 saturated heterocycles. The predicted octanol–water partition coefficient (Wildman–Crippen LogP) is 5.31. The molecular weight excluding hydrogens is 378 g/mol. The van der Waals surface area contributed by atoms with Gasteiger partial charge in [0.15, 0.2) is 0 Å². The minimum Gasteiger partial charge on any atom is -0.306 e. The van der Waals surface area contributed by atoms with E-state index < -0.39 is 0 Å². The highest BCUT2D eigenvalue weighted by atomic mass is 32.1. The summed E-state index contributed by atoms with van der Waals surface area (Å²) in [6, 6.07) is 8.94. The summed E-state index contributed by atoms with van der Waals surface area (Å²) in [5.74, 6) is 0.841. The molecule has 3 aromatic rings. The lowest BCUT2D eigenvalue weighted by atomic mass is 9.86. The zero-order valence-electron chi connectivity index (χ0n) is 18.4. The molecule has 0 radical (unpaired) electrons. The van der Waals surface area contributed by atoms with Crippen LogP contribution in [0.2, 0.25) is 0 Å². The average Bonchev–Trinajstić information content (AvgIpc) is 2.98. The van der Waals surface area contributed by atoms with E-state index in [4.69, 9.17) is 4.98 Å². The number of fused-ring (bicyclic) bond motifs is 1. The Morgan fingerprint density at radius 1 is 1.07 bits per heavy atom. The van der Waals surface area contributed by atoms with Crippen LogP contribution in [0.3, 0.4) is 0 Å². The largest absolute Gasteiger partial charge is 0.306 e. The molecule has 5 heteroatoms. The number of aromatic nitrogens is 2. The Kier molecular flexibility index (Phi) is 5.16. The van der Waals surface area contributed by atoms with Crippen LogP contribution in [-0.4, -0.2) is 34.6 Å². The summed E-state index contributed by atoms with van der Waals surface area (Å²) in [4.78, 5) is 22.9. The molecule has 1 aliphatic rings. The Morgan fingerprint density at radius 3 is 2.28 bits per heavy atom. The van der Waals surface area contributed by atoms with Crippen LogP contribution in [0.15, 0.2) is 29.1 Å². The van der Waals surface area contributed by atoms with Crippen LogP contribution >= 0.6 is 11.3 Å². The van der Waals surface area contributed by atoms with Crippen LogP contribution in [-0.2, 0) is 5.41 Å². The molecule has 1 aromatic carbocycles. The molecule has 0 N–H and O–H groups in total. The SMILES string of the molecule is Cc1sc2nc(C)n(C3CCN(C)CC3)c(=O)c2c1-c1ccc(C(C)(C)C)cc1. The first-order valence-electron chi connectivity index (χ1n) is 10.5. The van der Waals surface area contributed by atoms with Crippen molar-refractivity contribution in [1.29, 1.82) is 0 Å². The maximum atomic E-state index is 13.7.